The van der Waals surface area contributed by atoms with Crippen LogP contribution >= 0.6 is 0 Å². The Balaban J connectivity index is 1.72. The van der Waals surface area contributed by atoms with Crippen molar-refractivity contribution in [2.24, 2.45) is 0 Å². The van der Waals surface area contributed by atoms with E-state index in [0.717, 1.165) is 24.3 Å². The van der Waals surface area contributed by atoms with E-state index in [2.05, 4.69) is 0 Å². The second kappa shape index (κ2) is 7.88. The predicted molar refractivity (Wildman–Crippen MR) is 127 cm³/mol. The number of alkyl halides is 6. The van der Waals surface area contributed by atoms with Crippen LogP contribution in [0.2, 0.25) is 0 Å². The van der Waals surface area contributed by atoms with Crippen LogP contribution in [0.3, 0.4) is 0 Å². The summed E-state index contributed by atoms with van der Waals surface area (Å²) in [6.45, 7) is 7.01. The number of anilines is 2. The lowest BCUT2D eigenvalue weighted by Crippen LogP contribution is -2.25. The molecule has 0 atom stereocenters. The van der Waals surface area contributed by atoms with Gasteiger partial charge in [0, 0.05) is 59.8 Å². The topological polar surface area (TPSA) is 23.6 Å². The number of ketones is 1. The van der Waals surface area contributed by atoms with Gasteiger partial charge in [-0.1, -0.05) is 27.7 Å². The molecule has 0 aromatic heterocycles. The van der Waals surface area contributed by atoms with E-state index < -0.39 is 40.1 Å². The molecule has 9 heteroatoms. The zero-order valence-electron chi connectivity index (χ0n) is 20.7. The van der Waals surface area contributed by atoms with Gasteiger partial charge in [-0.3, -0.25) is 4.79 Å². The normalized spacial score (nSPS) is 20.8. The number of hydrogen-bond donors (Lipinski definition) is 0. The number of hydrogen-bond acceptors (Lipinski definition) is 3. The van der Waals surface area contributed by atoms with E-state index in [1.54, 1.807) is 51.6 Å². The standard InChI is InChI=1S/C27H26F6N2O/c1-24(2)18-11-15(26(28,29)30)7-9-20(18)34(5)22(24)13-17(36)14-23-25(3,4)19-12-16(27(31,32)33)8-10-21(19)35(23)6/h7-14H,1-6H3. The third-order valence-electron chi connectivity index (χ3n) is 7.28. The number of nitrogens with zero attached hydrogens (tertiary/aromatic N) is 2. The number of carbonyl (C=O) groups excluding carboxylic acids is 1. The van der Waals surface area contributed by atoms with E-state index in [-0.39, 0.29) is 0 Å². The molecule has 0 saturated heterocycles. The largest absolute Gasteiger partial charge is 0.416 e. The average Bonchev–Trinajstić information content (AvgIpc) is 3.06. The molecule has 2 aliphatic heterocycles. The molecule has 192 valence electrons. The molecule has 0 aliphatic carbocycles. The van der Waals surface area contributed by atoms with Crippen molar-refractivity contribution < 1.29 is 31.1 Å². The molecule has 2 aromatic rings. The Hall–Kier alpha value is -3.23. The van der Waals surface area contributed by atoms with Crippen molar-refractivity contribution >= 4 is 17.2 Å². The molecule has 3 nitrogen and oxygen atoms in total. The highest BCUT2D eigenvalue weighted by atomic mass is 19.4. The number of carbonyl (C=O) groups is 1. The van der Waals surface area contributed by atoms with Crippen molar-refractivity contribution in [1.82, 2.24) is 0 Å². The number of rotatable bonds is 2. The van der Waals surface area contributed by atoms with E-state index >= 15 is 0 Å². The zero-order valence-corrected chi connectivity index (χ0v) is 20.7. The Bertz CT molecular complexity index is 1220. The van der Waals surface area contributed by atoms with Crippen LogP contribution in [0.25, 0.3) is 0 Å². The number of allylic oxidation sites excluding steroid dienone is 4. The lowest BCUT2D eigenvalue weighted by atomic mass is 9.81. The molecule has 0 amide bonds. The van der Waals surface area contributed by atoms with E-state index in [1.807, 2.05) is 0 Å². The van der Waals surface area contributed by atoms with Crippen LogP contribution in [-0.2, 0) is 28.0 Å². The molecule has 2 aromatic carbocycles. The van der Waals surface area contributed by atoms with Gasteiger partial charge in [-0.15, -0.1) is 0 Å². The Morgan fingerprint density at radius 2 is 1.03 bits per heavy atom. The van der Waals surface area contributed by atoms with Crippen molar-refractivity contribution in [2.45, 2.75) is 50.9 Å². The molecule has 0 saturated carbocycles. The first kappa shape index (κ1) is 25.9. The molecule has 0 unspecified atom stereocenters. The molecule has 36 heavy (non-hydrogen) atoms. The molecule has 4 rings (SSSR count). The fourth-order valence-electron chi connectivity index (χ4n) is 5.25. The van der Waals surface area contributed by atoms with Crippen molar-refractivity contribution in [2.75, 3.05) is 23.9 Å². The van der Waals surface area contributed by atoms with Gasteiger partial charge in [-0.2, -0.15) is 26.3 Å². The van der Waals surface area contributed by atoms with Crippen LogP contribution in [0.15, 0.2) is 59.9 Å². The summed E-state index contributed by atoms with van der Waals surface area (Å²) in [5.41, 5.74) is -0.167. The zero-order chi connectivity index (χ0) is 27.0. The fourth-order valence-corrected chi connectivity index (χ4v) is 5.25. The van der Waals surface area contributed by atoms with Crippen LogP contribution in [-0.4, -0.2) is 19.9 Å². The number of likely N-dealkylation sites (N-methyl/N-ethyl adjacent to an activating group) is 2. The van der Waals surface area contributed by atoms with Crippen molar-refractivity contribution in [3.63, 3.8) is 0 Å². The molecule has 2 aliphatic rings. The first-order chi connectivity index (χ1) is 16.4. The maximum atomic E-state index is 13.3. The Morgan fingerprint density at radius 3 is 1.33 bits per heavy atom. The molecule has 0 radical (unpaired) electrons. The van der Waals surface area contributed by atoms with Crippen LogP contribution in [0.4, 0.5) is 37.7 Å². The molecule has 0 N–H and O–H groups in total. The summed E-state index contributed by atoms with van der Waals surface area (Å²) >= 11 is 0. The van der Waals surface area contributed by atoms with Gasteiger partial charge >= 0.3 is 12.4 Å². The van der Waals surface area contributed by atoms with Crippen LogP contribution in [0.5, 0.6) is 0 Å². The van der Waals surface area contributed by atoms with Crippen molar-refractivity contribution in [1.29, 1.82) is 0 Å². The summed E-state index contributed by atoms with van der Waals surface area (Å²) in [7, 11) is 3.38. The van der Waals surface area contributed by atoms with Crippen LogP contribution < -0.4 is 9.80 Å². The Morgan fingerprint density at radius 1 is 0.694 bits per heavy atom. The van der Waals surface area contributed by atoms with Gasteiger partial charge in [0.25, 0.3) is 0 Å². The second-order valence-corrected chi connectivity index (χ2v) is 10.3. The molecule has 0 fully saturated rings. The van der Waals surface area contributed by atoms with Gasteiger partial charge < -0.3 is 9.80 Å². The van der Waals surface area contributed by atoms with Gasteiger partial charge in [0.1, 0.15) is 0 Å². The maximum absolute atomic E-state index is 13.3. The minimum atomic E-state index is -4.49. The van der Waals surface area contributed by atoms with Crippen molar-refractivity contribution in [3.8, 4) is 0 Å². The summed E-state index contributed by atoms with van der Waals surface area (Å²) in [6.07, 6.45) is -6.21. The Labute approximate surface area is 205 Å². The lowest BCUT2D eigenvalue weighted by Gasteiger charge is -2.25. The summed E-state index contributed by atoms with van der Waals surface area (Å²) in [5.74, 6) is -0.410. The highest BCUT2D eigenvalue weighted by molar-refractivity contribution is 6.02. The fraction of sp³-hybridized carbons (Fsp3) is 0.370. The van der Waals surface area contributed by atoms with E-state index in [1.165, 1.54) is 24.3 Å². The number of fused-ring (bicyclic) bond motifs is 2. The monoisotopic (exact) mass is 508 g/mol. The van der Waals surface area contributed by atoms with Crippen LogP contribution in [0, 0.1) is 0 Å². The van der Waals surface area contributed by atoms with Gasteiger partial charge in [0.15, 0.2) is 5.78 Å². The Kier molecular flexibility index (Phi) is 5.66. The number of benzene rings is 2. The lowest BCUT2D eigenvalue weighted by molar-refractivity contribution is -0.138. The van der Waals surface area contributed by atoms with Crippen molar-refractivity contribution in [3.05, 3.63) is 82.2 Å². The maximum Gasteiger partial charge on any atom is 0.416 e. The SMILES string of the molecule is CN1C(=CC(=O)C=C2N(C)c3ccc(C(F)(F)F)cc3C2(C)C)C(C)(C)c2cc(C(F)(F)F)ccc21. The third kappa shape index (κ3) is 3.98. The summed E-state index contributed by atoms with van der Waals surface area (Å²) < 4.78 is 79.8. The highest BCUT2D eigenvalue weighted by Crippen LogP contribution is 2.50. The second-order valence-electron chi connectivity index (χ2n) is 10.3. The average molecular weight is 509 g/mol. The minimum absolute atomic E-state index is 0.410. The summed E-state index contributed by atoms with van der Waals surface area (Å²) in [5, 5.41) is 0. The minimum Gasteiger partial charge on any atom is -0.347 e. The molecule has 2 heterocycles. The van der Waals surface area contributed by atoms with E-state index in [4.69, 9.17) is 0 Å². The predicted octanol–water partition coefficient (Wildman–Crippen LogP) is 7.22. The van der Waals surface area contributed by atoms with Gasteiger partial charge in [-0.25, -0.2) is 0 Å². The summed E-state index contributed by atoms with van der Waals surface area (Å²) in [4.78, 5) is 16.6. The van der Waals surface area contributed by atoms with Gasteiger partial charge in [0.05, 0.1) is 11.1 Å². The molecule has 0 bridgehead atoms. The van der Waals surface area contributed by atoms with Gasteiger partial charge in [-0.05, 0) is 47.5 Å². The van der Waals surface area contributed by atoms with Gasteiger partial charge in [0.2, 0.25) is 0 Å². The van der Waals surface area contributed by atoms with E-state index in [9.17, 15) is 31.1 Å². The first-order valence-electron chi connectivity index (χ1n) is 11.3. The molecular weight excluding hydrogens is 482 g/mol. The smallest absolute Gasteiger partial charge is 0.347 e. The summed E-state index contributed by atoms with van der Waals surface area (Å²) in [6, 6.07) is 7.04. The first-order valence-corrected chi connectivity index (χ1v) is 11.3. The van der Waals surface area contributed by atoms with E-state index in [0.29, 0.717) is 33.9 Å². The third-order valence-corrected chi connectivity index (χ3v) is 7.28. The highest BCUT2D eigenvalue weighted by Gasteiger charge is 2.43. The number of halogens is 6. The quantitative estimate of drug-likeness (QED) is 0.316. The molecule has 0 spiro atoms. The van der Waals surface area contributed by atoms with Crippen LogP contribution in [0.1, 0.15) is 49.9 Å². The molecular formula is C27H26F6N2O.